The van der Waals surface area contributed by atoms with Gasteiger partial charge in [-0.1, -0.05) is 18.2 Å². The number of anilines is 1. The molecule has 3 nitrogen and oxygen atoms in total. The van der Waals surface area contributed by atoms with Crippen LogP contribution < -0.4 is 5.73 Å². The SMILES string of the molecule is Cl.Nc1ccccc1C=CC(=O)O. The molecule has 0 aliphatic rings. The molecule has 0 unspecified atom stereocenters. The lowest BCUT2D eigenvalue weighted by atomic mass is 10.2. The molecule has 0 radical (unpaired) electrons. The zero-order valence-electron chi connectivity index (χ0n) is 6.81. The second-order valence-corrected chi connectivity index (χ2v) is 2.30. The number of aliphatic carboxylic acids is 1. The number of halogens is 1. The van der Waals surface area contributed by atoms with Crippen molar-refractivity contribution in [2.24, 2.45) is 0 Å². The van der Waals surface area contributed by atoms with Crippen LogP contribution in [0.5, 0.6) is 0 Å². The Balaban J connectivity index is 0.00000144. The van der Waals surface area contributed by atoms with Gasteiger partial charge in [0.2, 0.25) is 0 Å². The van der Waals surface area contributed by atoms with E-state index in [0.29, 0.717) is 5.69 Å². The van der Waals surface area contributed by atoms with Crippen molar-refractivity contribution < 1.29 is 9.90 Å². The number of carboxylic acids is 1. The topological polar surface area (TPSA) is 63.3 Å². The summed E-state index contributed by atoms with van der Waals surface area (Å²) in [5.41, 5.74) is 6.86. The Labute approximate surface area is 82.3 Å². The van der Waals surface area contributed by atoms with Crippen molar-refractivity contribution in [2.75, 3.05) is 5.73 Å². The van der Waals surface area contributed by atoms with E-state index in [9.17, 15) is 4.79 Å². The van der Waals surface area contributed by atoms with Gasteiger partial charge in [0, 0.05) is 11.8 Å². The fourth-order valence-electron chi connectivity index (χ4n) is 0.824. The van der Waals surface area contributed by atoms with Gasteiger partial charge < -0.3 is 10.8 Å². The molecule has 1 aromatic carbocycles. The lowest BCUT2D eigenvalue weighted by Gasteiger charge is -1.96. The first-order valence-corrected chi connectivity index (χ1v) is 3.45. The summed E-state index contributed by atoms with van der Waals surface area (Å²) in [4.78, 5) is 10.2. The highest BCUT2D eigenvalue weighted by Crippen LogP contribution is 2.11. The Morgan fingerprint density at radius 2 is 2.00 bits per heavy atom. The predicted molar refractivity (Wildman–Crippen MR) is 54.8 cm³/mol. The summed E-state index contributed by atoms with van der Waals surface area (Å²) in [6.45, 7) is 0. The van der Waals surface area contributed by atoms with Crippen LogP contribution in [0.1, 0.15) is 5.56 Å². The molecule has 0 spiro atoms. The van der Waals surface area contributed by atoms with Crippen LogP contribution >= 0.6 is 12.4 Å². The van der Waals surface area contributed by atoms with E-state index < -0.39 is 5.97 Å². The first kappa shape index (κ1) is 11.5. The van der Waals surface area contributed by atoms with Gasteiger partial charge in [0.15, 0.2) is 0 Å². The number of para-hydroxylation sites is 1. The Morgan fingerprint density at radius 3 is 2.54 bits per heavy atom. The summed E-state index contributed by atoms with van der Waals surface area (Å²) in [5, 5.41) is 8.34. The largest absolute Gasteiger partial charge is 0.478 e. The van der Waals surface area contributed by atoms with Crippen LogP contribution in [0, 0.1) is 0 Å². The molecule has 0 fully saturated rings. The fraction of sp³-hybridized carbons (Fsp3) is 0. The van der Waals surface area contributed by atoms with Crippen molar-refractivity contribution in [2.45, 2.75) is 0 Å². The molecule has 13 heavy (non-hydrogen) atoms. The molecular formula is C9H10ClNO2. The highest BCUT2D eigenvalue weighted by molar-refractivity contribution is 5.86. The summed E-state index contributed by atoms with van der Waals surface area (Å²) in [6.07, 6.45) is 2.53. The third-order valence-corrected chi connectivity index (χ3v) is 1.40. The van der Waals surface area contributed by atoms with E-state index in [1.165, 1.54) is 6.08 Å². The number of hydrogen-bond donors (Lipinski definition) is 2. The van der Waals surface area contributed by atoms with E-state index in [2.05, 4.69) is 0 Å². The molecule has 0 aromatic heterocycles. The molecule has 0 saturated carbocycles. The van der Waals surface area contributed by atoms with Crippen molar-refractivity contribution in [3.05, 3.63) is 35.9 Å². The lowest BCUT2D eigenvalue weighted by Crippen LogP contribution is -1.90. The highest BCUT2D eigenvalue weighted by atomic mass is 35.5. The first-order chi connectivity index (χ1) is 5.70. The summed E-state index contributed by atoms with van der Waals surface area (Å²) in [6, 6.07) is 7.08. The van der Waals surface area contributed by atoms with Crippen molar-refractivity contribution in [1.29, 1.82) is 0 Å². The van der Waals surface area contributed by atoms with Crippen molar-refractivity contribution >= 4 is 30.1 Å². The summed E-state index contributed by atoms with van der Waals surface area (Å²) in [7, 11) is 0. The second-order valence-electron chi connectivity index (χ2n) is 2.30. The maximum atomic E-state index is 10.2. The first-order valence-electron chi connectivity index (χ1n) is 3.45. The second kappa shape index (κ2) is 5.22. The average Bonchev–Trinajstić information content (AvgIpc) is 2.03. The molecule has 0 atom stereocenters. The Kier molecular flexibility index (Phi) is 4.62. The molecule has 0 amide bonds. The molecule has 70 valence electrons. The minimum absolute atomic E-state index is 0. The number of nitrogens with two attached hydrogens (primary N) is 1. The van der Waals surface area contributed by atoms with Crippen LogP contribution in [0.2, 0.25) is 0 Å². The molecule has 0 aliphatic heterocycles. The van der Waals surface area contributed by atoms with Crippen molar-refractivity contribution in [1.82, 2.24) is 0 Å². The zero-order valence-corrected chi connectivity index (χ0v) is 7.62. The molecule has 0 bridgehead atoms. The highest BCUT2D eigenvalue weighted by Gasteiger charge is 1.92. The smallest absolute Gasteiger partial charge is 0.328 e. The van der Waals surface area contributed by atoms with Crippen LogP contribution in [-0.4, -0.2) is 11.1 Å². The van der Waals surface area contributed by atoms with Crippen molar-refractivity contribution in [3.63, 3.8) is 0 Å². The quantitative estimate of drug-likeness (QED) is 0.564. The van der Waals surface area contributed by atoms with E-state index in [1.807, 2.05) is 0 Å². The summed E-state index contributed by atoms with van der Waals surface area (Å²) < 4.78 is 0. The molecule has 1 aromatic rings. The molecule has 3 N–H and O–H groups in total. The van der Waals surface area contributed by atoms with E-state index in [1.54, 1.807) is 24.3 Å². The molecule has 1 rings (SSSR count). The van der Waals surface area contributed by atoms with E-state index >= 15 is 0 Å². The van der Waals surface area contributed by atoms with Crippen LogP contribution in [0.15, 0.2) is 30.3 Å². The molecule has 0 saturated heterocycles. The zero-order chi connectivity index (χ0) is 8.97. The number of nitrogen functional groups attached to an aromatic ring is 1. The molecular weight excluding hydrogens is 190 g/mol. The van der Waals surface area contributed by atoms with Crippen LogP contribution in [0.25, 0.3) is 6.08 Å². The summed E-state index contributed by atoms with van der Waals surface area (Å²) in [5.74, 6) is -0.974. The minimum Gasteiger partial charge on any atom is -0.478 e. The van der Waals surface area contributed by atoms with Crippen molar-refractivity contribution in [3.8, 4) is 0 Å². The fourth-order valence-corrected chi connectivity index (χ4v) is 0.824. The van der Waals surface area contributed by atoms with Gasteiger partial charge in [-0.25, -0.2) is 4.79 Å². The predicted octanol–water partition coefficient (Wildman–Crippen LogP) is 1.79. The molecule has 0 heterocycles. The van der Waals surface area contributed by atoms with Gasteiger partial charge in [0.1, 0.15) is 0 Å². The number of benzene rings is 1. The number of rotatable bonds is 2. The minimum atomic E-state index is -0.974. The lowest BCUT2D eigenvalue weighted by molar-refractivity contribution is -0.131. The van der Waals surface area contributed by atoms with Crippen LogP contribution in [0.4, 0.5) is 5.69 Å². The van der Waals surface area contributed by atoms with Gasteiger partial charge in [-0.2, -0.15) is 0 Å². The van der Waals surface area contributed by atoms with E-state index in [0.717, 1.165) is 11.6 Å². The van der Waals surface area contributed by atoms with E-state index in [-0.39, 0.29) is 12.4 Å². The standard InChI is InChI=1S/C9H9NO2.ClH/c10-8-4-2-1-3-7(8)5-6-9(11)12;/h1-6H,10H2,(H,11,12);1H. The Hall–Kier alpha value is -1.48. The average molecular weight is 200 g/mol. The van der Waals surface area contributed by atoms with E-state index in [4.69, 9.17) is 10.8 Å². The number of hydrogen-bond acceptors (Lipinski definition) is 2. The van der Waals surface area contributed by atoms with Crippen LogP contribution in [-0.2, 0) is 4.79 Å². The normalized spacial score (nSPS) is 9.54. The molecule has 0 aliphatic carbocycles. The third kappa shape index (κ3) is 3.62. The third-order valence-electron chi connectivity index (χ3n) is 1.40. The van der Waals surface area contributed by atoms with Gasteiger partial charge in [-0.15, -0.1) is 12.4 Å². The Bertz CT molecular complexity index is 323. The monoisotopic (exact) mass is 199 g/mol. The van der Waals surface area contributed by atoms with Gasteiger partial charge in [0.25, 0.3) is 0 Å². The van der Waals surface area contributed by atoms with Gasteiger partial charge in [-0.05, 0) is 17.7 Å². The number of carboxylic acid groups (broad SMARTS) is 1. The van der Waals surface area contributed by atoms with Gasteiger partial charge in [0.05, 0.1) is 0 Å². The molecule has 4 heteroatoms. The van der Waals surface area contributed by atoms with Gasteiger partial charge >= 0.3 is 5.97 Å². The van der Waals surface area contributed by atoms with Gasteiger partial charge in [-0.3, -0.25) is 0 Å². The maximum Gasteiger partial charge on any atom is 0.328 e. The maximum absolute atomic E-state index is 10.2. The summed E-state index contributed by atoms with van der Waals surface area (Å²) >= 11 is 0. The Morgan fingerprint density at radius 1 is 1.38 bits per heavy atom. The number of carbonyl (C=O) groups is 1. The van der Waals surface area contributed by atoms with Crippen LogP contribution in [0.3, 0.4) is 0 Å².